The Morgan fingerprint density at radius 3 is 2.21 bits per heavy atom. The highest BCUT2D eigenvalue weighted by molar-refractivity contribution is 5.84. The predicted octanol–water partition coefficient (Wildman–Crippen LogP) is -0.0643. The normalized spacial score (nSPS) is 19.6. The third-order valence-corrected chi connectivity index (χ3v) is 3.35. The number of primary amides is 1. The number of piperazine rings is 1. The van der Waals surface area contributed by atoms with E-state index in [9.17, 15) is 4.79 Å². The van der Waals surface area contributed by atoms with Gasteiger partial charge in [-0.1, -0.05) is 13.8 Å². The molecule has 82 valence electrons. The number of nitrogens with two attached hydrogens (primary N) is 1. The summed E-state index contributed by atoms with van der Waals surface area (Å²) in [5.74, 6) is -0.176. The molecule has 1 saturated heterocycles. The van der Waals surface area contributed by atoms with Crippen molar-refractivity contribution < 1.29 is 4.79 Å². The van der Waals surface area contributed by atoms with Crippen LogP contribution in [0.15, 0.2) is 0 Å². The van der Waals surface area contributed by atoms with Gasteiger partial charge in [0.2, 0.25) is 5.91 Å². The van der Waals surface area contributed by atoms with Crippen molar-refractivity contribution in [3.8, 4) is 0 Å². The zero-order chi connectivity index (χ0) is 10.6. The first-order valence-electron chi connectivity index (χ1n) is 5.43. The lowest BCUT2D eigenvalue weighted by Gasteiger charge is -2.42. The Bertz CT molecular complexity index is 196. The van der Waals surface area contributed by atoms with Gasteiger partial charge in [-0.3, -0.25) is 9.69 Å². The molecule has 0 radical (unpaired) electrons. The van der Waals surface area contributed by atoms with E-state index in [2.05, 4.69) is 10.2 Å². The summed E-state index contributed by atoms with van der Waals surface area (Å²) >= 11 is 0. The van der Waals surface area contributed by atoms with Gasteiger partial charge < -0.3 is 11.1 Å². The van der Waals surface area contributed by atoms with Gasteiger partial charge in [0.05, 0.1) is 5.54 Å². The molecule has 0 atom stereocenters. The van der Waals surface area contributed by atoms with Gasteiger partial charge in [0, 0.05) is 26.2 Å². The van der Waals surface area contributed by atoms with E-state index in [1.807, 2.05) is 13.8 Å². The lowest BCUT2D eigenvalue weighted by molar-refractivity contribution is -0.131. The molecule has 0 saturated carbocycles. The van der Waals surface area contributed by atoms with Crippen molar-refractivity contribution in [2.45, 2.75) is 32.2 Å². The first-order chi connectivity index (χ1) is 6.67. The number of rotatable bonds is 4. The smallest absolute Gasteiger partial charge is 0.237 e. The first kappa shape index (κ1) is 11.5. The summed E-state index contributed by atoms with van der Waals surface area (Å²) in [7, 11) is 0. The van der Waals surface area contributed by atoms with Crippen LogP contribution in [0.3, 0.4) is 0 Å². The highest BCUT2D eigenvalue weighted by Gasteiger charge is 2.39. The topological polar surface area (TPSA) is 58.4 Å². The summed E-state index contributed by atoms with van der Waals surface area (Å²) in [4.78, 5) is 13.8. The maximum absolute atomic E-state index is 11.5. The summed E-state index contributed by atoms with van der Waals surface area (Å²) in [6.07, 6.45) is 1.61. The number of nitrogens with zero attached hydrogens (tertiary/aromatic N) is 1. The number of amides is 1. The molecule has 1 aliphatic rings. The minimum atomic E-state index is -0.415. The largest absolute Gasteiger partial charge is 0.368 e. The SMILES string of the molecule is CCC(CC)(C(N)=O)N1CCNCC1. The third kappa shape index (κ3) is 1.91. The van der Waals surface area contributed by atoms with Crippen molar-refractivity contribution in [2.75, 3.05) is 26.2 Å². The number of hydrogen-bond acceptors (Lipinski definition) is 3. The maximum Gasteiger partial charge on any atom is 0.237 e. The summed E-state index contributed by atoms with van der Waals surface area (Å²) in [5.41, 5.74) is 5.11. The van der Waals surface area contributed by atoms with Crippen LogP contribution in [0.4, 0.5) is 0 Å². The van der Waals surface area contributed by atoms with Gasteiger partial charge in [-0.05, 0) is 12.8 Å². The van der Waals surface area contributed by atoms with Crippen molar-refractivity contribution in [1.29, 1.82) is 0 Å². The van der Waals surface area contributed by atoms with Crippen LogP contribution in [0.2, 0.25) is 0 Å². The summed E-state index contributed by atoms with van der Waals surface area (Å²) in [6.45, 7) is 7.83. The van der Waals surface area contributed by atoms with Gasteiger partial charge >= 0.3 is 0 Å². The fourth-order valence-electron chi connectivity index (χ4n) is 2.29. The van der Waals surface area contributed by atoms with Crippen molar-refractivity contribution in [3.05, 3.63) is 0 Å². The molecule has 4 nitrogen and oxygen atoms in total. The van der Waals surface area contributed by atoms with Crippen molar-refractivity contribution in [3.63, 3.8) is 0 Å². The van der Waals surface area contributed by atoms with E-state index in [4.69, 9.17) is 5.73 Å². The number of carbonyl (C=O) groups excluding carboxylic acids is 1. The molecule has 0 aromatic carbocycles. The minimum Gasteiger partial charge on any atom is -0.368 e. The van der Waals surface area contributed by atoms with E-state index in [0.29, 0.717) is 0 Å². The van der Waals surface area contributed by atoms with Gasteiger partial charge in [-0.2, -0.15) is 0 Å². The maximum atomic E-state index is 11.5. The molecule has 4 heteroatoms. The predicted molar refractivity (Wildman–Crippen MR) is 57.0 cm³/mol. The van der Waals surface area contributed by atoms with Crippen LogP contribution in [0.1, 0.15) is 26.7 Å². The molecule has 1 heterocycles. The fraction of sp³-hybridized carbons (Fsp3) is 0.900. The summed E-state index contributed by atoms with van der Waals surface area (Å²) < 4.78 is 0. The van der Waals surface area contributed by atoms with Crippen LogP contribution >= 0.6 is 0 Å². The quantitative estimate of drug-likeness (QED) is 0.666. The number of carbonyl (C=O) groups is 1. The molecule has 14 heavy (non-hydrogen) atoms. The number of hydrogen-bond donors (Lipinski definition) is 2. The van der Waals surface area contributed by atoms with Crippen molar-refractivity contribution >= 4 is 5.91 Å². The van der Waals surface area contributed by atoms with Gasteiger partial charge in [0.15, 0.2) is 0 Å². The molecule has 0 aromatic heterocycles. The fourth-order valence-corrected chi connectivity index (χ4v) is 2.29. The number of nitrogens with one attached hydrogen (secondary N) is 1. The summed E-state index contributed by atoms with van der Waals surface area (Å²) in [6, 6.07) is 0. The molecule has 0 aromatic rings. The minimum absolute atomic E-state index is 0.176. The Morgan fingerprint density at radius 2 is 1.86 bits per heavy atom. The molecule has 0 bridgehead atoms. The third-order valence-electron chi connectivity index (χ3n) is 3.35. The Morgan fingerprint density at radius 1 is 1.36 bits per heavy atom. The Labute approximate surface area is 85.8 Å². The second-order valence-corrected chi connectivity index (χ2v) is 3.84. The lowest BCUT2D eigenvalue weighted by Crippen LogP contribution is -2.61. The zero-order valence-corrected chi connectivity index (χ0v) is 9.18. The average molecular weight is 199 g/mol. The standard InChI is InChI=1S/C10H21N3O/c1-3-10(4-2,9(11)14)13-7-5-12-6-8-13/h12H,3-8H2,1-2H3,(H2,11,14). The van der Waals surface area contributed by atoms with E-state index in [-0.39, 0.29) is 5.91 Å². The average Bonchev–Trinajstić information content (AvgIpc) is 2.22. The van der Waals surface area contributed by atoms with Crippen LogP contribution in [-0.2, 0) is 4.79 Å². The van der Waals surface area contributed by atoms with Gasteiger partial charge in [0.25, 0.3) is 0 Å². The van der Waals surface area contributed by atoms with Crippen LogP contribution in [-0.4, -0.2) is 42.5 Å². The molecule has 0 unspecified atom stereocenters. The van der Waals surface area contributed by atoms with Gasteiger partial charge in [0.1, 0.15) is 0 Å². The van der Waals surface area contributed by atoms with Crippen molar-refractivity contribution in [2.24, 2.45) is 5.73 Å². The molecular formula is C10H21N3O. The van der Waals surface area contributed by atoms with Crippen LogP contribution in [0.25, 0.3) is 0 Å². The van der Waals surface area contributed by atoms with Crippen LogP contribution in [0, 0.1) is 0 Å². The first-order valence-corrected chi connectivity index (χ1v) is 5.43. The Kier molecular flexibility index (Phi) is 3.89. The highest BCUT2D eigenvalue weighted by atomic mass is 16.1. The molecule has 0 aliphatic carbocycles. The van der Waals surface area contributed by atoms with E-state index >= 15 is 0 Å². The molecular weight excluding hydrogens is 178 g/mol. The van der Waals surface area contributed by atoms with E-state index < -0.39 is 5.54 Å². The summed E-state index contributed by atoms with van der Waals surface area (Å²) in [5, 5.41) is 3.28. The molecule has 1 fully saturated rings. The molecule has 1 aliphatic heterocycles. The monoisotopic (exact) mass is 199 g/mol. The molecule has 1 rings (SSSR count). The Hall–Kier alpha value is -0.610. The molecule has 1 amide bonds. The highest BCUT2D eigenvalue weighted by Crippen LogP contribution is 2.23. The lowest BCUT2D eigenvalue weighted by atomic mass is 9.89. The second kappa shape index (κ2) is 4.75. The zero-order valence-electron chi connectivity index (χ0n) is 9.18. The molecule has 3 N–H and O–H groups in total. The molecule has 0 spiro atoms. The van der Waals surface area contributed by atoms with Crippen LogP contribution in [0.5, 0.6) is 0 Å². The van der Waals surface area contributed by atoms with E-state index in [1.54, 1.807) is 0 Å². The van der Waals surface area contributed by atoms with Crippen LogP contribution < -0.4 is 11.1 Å². The van der Waals surface area contributed by atoms with E-state index in [1.165, 1.54) is 0 Å². The van der Waals surface area contributed by atoms with Gasteiger partial charge in [-0.15, -0.1) is 0 Å². The van der Waals surface area contributed by atoms with E-state index in [0.717, 1.165) is 39.0 Å². The van der Waals surface area contributed by atoms with Gasteiger partial charge in [-0.25, -0.2) is 0 Å². The van der Waals surface area contributed by atoms with Crippen molar-refractivity contribution in [1.82, 2.24) is 10.2 Å². The Balaban J connectivity index is 2.78. The second-order valence-electron chi connectivity index (χ2n) is 3.84.